The first-order chi connectivity index (χ1) is 9.10. The average molecular weight is 271 g/mol. The maximum absolute atomic E-state index is 3.70. The smallest absolute Gasteiger partial charge is 0.0246 e. The fourth-order valence-electron chi connectivity index (χ4n) is 2.95. The SMILES string of the molecule is CCCC(NCC)C(CC)N(CC)CCCN(C)C. The molecule has 0 fully saturated rings. The molecule has 0 radical (unpaired) electrons. The Morgan fingerprint density at radius 2 is 1.68 bits per heavy atom. The van der Waals surface area contributed by atoms with Crippen LogP contribution in [-0.2, 0) is 0 Å². The molecule has 0 amide bonds. The van der Waals surface area contributed by atoms with Crippen molar-refractivity contribution in [2.75, 3.05) is 40.3 Å². The first-order valence-corrected chi connectivity index (χ1v) is 8.22. The lowest BCUT2D eigenvalue weighted by Gasteiger charge is -2.36. The van der Waals surface area contributed by atoms with Crippen molar-refractivity contribution in [1.29, 1.82) is 0 Å². The maximum atomic E-state index is 3.70. The maximum Gasteiger partial charge on any atom is 0.0246 e. The lowest BCUT2D eigenvalue weighted by Crippen LogP contribution is -2.50. The van der Waals surface area contributed by atoms with Gasteiger partial charge in [-0.2, -0.15) is 0 Å². The van der Waals surface area contributed by atoms with E-state index in [1.807, 2.05) is 0 Å². The third-order valence-corrected chi connectivity index (χ3v) is 3.87. The second-order valence-corrected chi connectivity index (χ2v) is 5.71. The van der Waals surface area contributed by atoms with Gasteiger partial charge >= 0.3 is 0 Å². The quantitative estimate of drug-likeness (QED) is 0.589. The second-order valence-electron chi connectivity index (χ2n) is 5.71. The molecule has 0 aromatic heterocycles. The second kappa shape index (κ2) is 11.7. The molecule has 0 saturated heterocycles. The molecule has 0 bridgehead atoms. The third-order valence-electron chi connectivity index (χ3n) is 3.87. The lowest BCUT2D eigenvalue weighted by atomic mass is 9.98. The van der Waals surface area contributed by atoms with Crippen LogP contribution in [0.1, 0.15) is 53.4 Å². The van der Waals surface area contributed by atoms with Gasteiger partial charge < -0.3 is 10.2 Å². The monoisotopic (exact) mass is 271 g/mol. The largest absolute Gasteiger partial charge is 0.313 e. The number of rotatable bonds is 12. The molecular weight excluding hydrogens is 234 g/mol. The van der Waals surface area contributed by atoms with Crippen LogP contribution in [0.2, 0.25) is 0 Å². The van der Waals surface area contributed by atoms with Gasteiger partial charge in [-0.3, -0.25) is 4.90 Å². The Labute approximate surface area is 121 Å². The fraction of sp³-hybridized carbons (Fsp3) is 1.00. The van der Waals surface area contributed by atoms with Gasteiger partial charge in [0.15, 0.2) is 0 Å². The lowest BCUT2D eigenvalue weighted by molar-refractivity contribution is 0.148. The predicted octanol–water partition coefficient (Wildman–Crippen LogP) is 2.82. The first-order valence-electron chi connectivity index (χ1n) is 8.22. The normalized spacial score (nSPS) is 15.2. The minimum atomic E-state index is 0.652. The molecule has 2 atom stereocenters. The van der Waals surface area contributed by atoms with Gasteiger partial charge in [0.1, 0.15) is 0 Å². The van der Waals surface area contributed by atoms with Crippen LogP contribution in [0.15, 0.2) is 0 Å². The Hall–Kier alpha value is -0.120. The molecule has 0 aliphatic heterocycles. The van der Waals surface area contributed by atoms with E-state index in [0.29, 0.717) is 12.1 Å². The highest BCUT2D eigenvalue weighted by atomic mass is 15.2. The molecule has 0 aromatic rings. The zero-order valence-electron chi connectivity index (χ0n) is 14.2. The van der Waals surface area contributed by atoms with Crippen molar-refractivity contribution in [3.63, 3.8) is 0 Å². The molecule has 2 unspecified atom stereocenters. The van der Waals surface area contributed by atoms with E-state index in [1.54, 1.807) is 0 Å². The van der Waals surface area contributed by atoms with Gasteiger partial charge in [0, 0.05) is 12.1 Å². The summed E-state index contributed by atoms with van der Waals surface area (Å²) in [6.45, 7) is 13.8. The summed E-state index contributed by atoms with van der Waals surface area (Å²) in [4.78, 5) is 4.95. The molecule has 0 heterocycles. The number of likely N-dealkylation sites (N-methyl/N-ethyl adjacent to an activating group) is 2. The van der Waals surface area contributed by atoms with Crippen molar-refractivity contribution in [3.8, 4) is 0 Å². The van der Waals surface area contributed by atoms with E-state index in [9.17, 15) is 0 Å². The Balaban J connectivity index is 4.45. The molecule has 19 heavy (non-hydrogen) atoms. The Kier molecular flexibility index (Phi) is 11.6. The average Bonchev–Trinajstić information content (AvgIpc) is 2.37. The topological polar surface area (TPSA) is 18.5 Å². The first kappa shape index (κ1) is 18.9. The van der Waals surface area contributed by atoms with Crippen molar-refractivity contribution in [3.05, 3.63) is 0 Å². The molecule has 0 aromatic carbocycles. The Morgan fingerprint density at radius 3 is 2.11 bits per heavy atom. The number of hydrogen-bond donors (Lipinski definition) is 1. The van der Waals surface area contributed by atoms with Crippen LogP contribution in [0.5, 0.6) is 0 Å². The summed E-state index contributed by atoms with van der Waals surface area (Å²) in [7, 11) is 4.32. The molecule has 3 heteroatoms. The van der Waals surface area contributed by atoms with E-state index in [1.165, 1.54) is 38.8 Å². The molecule has 0 aliphatic carbocycles. The van der Waals surface area contributed by atoms with Gasteiger partial charge in [0.25, 0.3) is 0 Å². The van der Waals surface area contributed by atoms with Crippen LogP contribution < -0.4 is 5.32 Å². The van der Waals surface area contributed by atoms with Gasteiger partial charge in [-0.25, -0.2) is 0 Å². The van der Waals surface area contributed by atoms with Crippen molar-refractivity contribution in [2.24, 2.45) is 0 Å². The summed E-state index contributed by atoms with van der Waals surface area (Å²) in [5.41, 5.74) is 0. The van der Waals surface area contributed by atoms with E-state index in [0.717, 1.165) is 13.1 Å². The predicted molar refractivity (Wildman–Crippen MR) is 86.9 cm³/mol. The molecule has 116 valence electrons. The molecular formula is C16H37N3. The van der Waals surface area contributed by atoms with Crippen molar-refractivity contribution < 1.29 is 0 Å². The number of nitrogens with zero attached hydrogens (tertiary/aromatic N) is 2. The van der Waals surface area contributed by atoms with Gasteiger partial charge in [-0.15, -0.1) is 0 Å². The van der Waals surface area contributed by atoms with E-state index in [2.05, 4.69) is 56.9 Å². The summed E-state index contributed by atoms with van der Waals surface area (Å²) in [6, 6.07) is 1.34. The van der Waals surface area contributed by atoms with Crippen LogP contribution in [0.25, 0.3) is 0 Å². The number of nitrogens with one attached hydrogen (secondary N) is 1. The molecule has 0 spiro atoms. The third kappa shape index (κ3) is 7.91. The molecule has 1 N–H and O–H groups in total. The minimum absolute atomic E-state index is 0.652. The number of hydrogen-bond acceptors (Lipinski definition) is 3. The van der Waals surface area contributed by atoms with Crippen molar-refractivity contribution in [2.45, 2.75) is 65.5 Å². The van der Waals surface area contributed by atoms with E-state index < -0.39 is 0 Å². The highest BCUT2D eigenvalue weighted by Crippen LogP contribution is 2.14. The fourth-order valence-corrected chi connectivity index (χ4v) is 2.95. The Morgan fingerprint density at radius 1 is 1.00 bits per heavy atom. The molecule has 0 aliphatic rings. The van der Waals surface area contributed by atoms with Crippen LogP contribution >= 0.6 is 0 Å². The minimum Gasteiger partial charge on any atom is -0.313 e. The molecule has 0 rings (SSSR count). The highest BCUT2D eigenvalue weighted by Gasteiger charge is 2.23. The summed E-state index contributed by atoms with van der Waals surface area (Å²) in [5.74, 6) is 0. The highest BCUT2D eigenvalue weighted by molar-refractivity contribution is 4.83. The summed E-state index contributed by atoms with van der Waals surface area (Å²) in [6.07, 6.45) is 5.07. The standard InChI is InChI=1S/C16H37N3/c1-7-12-15(17-9-3)16(8-2)19(10-4)14-11-13-18(5)6/h15-17H,7-14H2,1-6H3. The van der Waals surface area contributed by atoms with Crippen LogP contribution in [0.4, 0.5) is 0 Å². The summed E-state index contributed by atoms with van der Waals surface area (Å²) >= 11 is 0. The van der Waals surface area contributed by atoms with Gasteiger partial charge in [-0.1, -0.05) is 34.1 Å². The Bertz CT molecular complexity index is 188. The van der Waals surface area contributed by atoms with E-state index in [-0.39, 0.29) is 0 Å². The molecule has 0 saturated carbocycles. The van der Waals surface area contributed by atoms with E-state index >= 15 is 0 Å². The van der Waals surface area contributed by atoms with Crippen LogP contribution in [-0.4, -0.2) is 62.2 Å². The van der Waals surface area contributed by atoms with Crippen LogP contribution in [0.3, 0.4) is 0 Å². The summed E-state index contributed by atoms with van der Waals surface area (Å²) < 4.78 is 0. The zero-order chi connectivity index (χ0) is 14.7. The van der Waals surface area contributed by atoms with Crippen molar-refractivity contribution >= 4 is 0 Å². The van der Waals surface area contributed by atoms with Crippen LogP contribution in [0, 0.1) is 0 Å². The van der Waals surface area contributed by atoms with Gasteiger partial charge in [-0.05, 0) is 59.5 Å². The van der Waals surface area contributed by atoms with E-state index in [4.69, 9.17) is 0 Å². The zero-order valence-corrected chi connectivity index (χ0v) is 14.2. The van der Waals surface area contributed by atoms with Gasteiger partial charge in [0.05, 0.1) is 0 Å². The van der Waals surface area contributed by atoms with Crippen molar-refractivity contribution in [1.82, 2.24) is 15.1 Å². The van der Waals surface area contributed by atoms with Gasteiger partial charge in [0.2, 0.25) is 0 Å². The summed E-state index contributed by atoms with van der Waals surface area (Å²) in [5, 5.41) is 3.70. The molecule has 3 nitrogen and oxygen atoms in total.